The van der Waals surface area contributed by atoms with Gasteiger partial charge in [-0.15, -0.1) is 0 Å². The first-order chi connectivity index (χ1) is 22.1. The average molecular weight is 692 g/mol. The van der Waals surface area contributed by atoms with Gasteiger partial charge in [0, 0.05) is 5.33 Å². The van der Waals surface area contributed by atoms with Crippen molar-refractivity contribution >= 4 is 38.5 Å². The molecule has 4 aromatic carbocycles. The van der Waals surface area contributed by atoms with Crippen molar-refractivity contribution in [2.24, 2.45) is 0 Å². The van der Waals surface area contributed by atoms with Crippen molar-refractivity contribution in [1.29, 1.82) is 10.5 Å². The second-order valence-corrected chi connectivity index (χ2v) is 8.75. The molecule has 0 aliphatic heterocycles. The van der Waals surface area contributed by atoms with Gasteiger partial charge in [0.05, 0.1) is 36.4 Å². The normalized spacial score (nSPS) is 9.19. The largest absolute Gasteiger partial charge is 0.236 e. The molecule has 0 radical (unpaired) electrons. The molecule has 0 aromatic heterocycles. The lowest BCUT2D eigenvalue weighted by molar-refractivity contribution is 1.50. The zero-order valence-corrected chi connectivity index (χ0v) is 29.0. The molecule has 47 heavy (non-hydrogen) atoms. The molecular formula is C42H51BrN4. The van der Waals surface area contributed by atoms with E-state index in [9.17, 15) is 10.5 Å². The van der Waals surface area contributed by atoms with Crippen LogP contribution in [0.25, 0.3) is 32.2 Å². The maximum atomic E-state index is 9.29. The monoisotopic (exact) mass is 690 g/mol. The van der Waals surface area contributed by atoms with Crippen LogP contribution in [0.15, 0.2) is 121 Å². The molecule has 0 heterocycles. The second kappa shape index (κ2) is 33.7. The van der Waals surface area contributed by atoms with Crippen LogP contribution in [0.3, 0.4) is 0 Å². The molecule has 246 valence electrons. The lowest BCUT2D eigenvalue weighted by Gasteiger charge is -2.03. The van der Waals surface area contributed by atoms with Gasteiger partial charge in [-0.05, 0) is 22.3 Å². The van der Waals surface area contributed by atoms with Gasteiger partial charge < -0.3 is 0 Å². The Kier molecular flexibility index (Phi) is 34.9. The third-order valence-corrected chi connectivity index (χ3v) is 5.14. The number of halogens is 1. The second-order valence-electron chi connectivity index (χ2n) is 7.63. The van der Waals surface area contributed by atoms with E-state index in [0.29, 0.717) is 22.5 Å². The van der Waals surface area contributed by atoms with Crippen LogP contribution in [-0.4, -0.2) is 5.33 Å². The van der Waals surface area contributed by atoms with Crippen LogP contribution in [0.4, 0.5) is 0 Å². The maximum Gasteiger partial charge on any atom is 0.212 e. The molecule has 0 fully saturated rings. The van der Waals surface area contributed by atoms with E-state index in [2.05, 4.69) is 37.8 Å². The Morgan fingerprint density at radius 3 is 0.872 bits per heavy atom. The third kappa shape index (κ3) is 17.8. The summed E-state index contributed by atoms with van der Waals surface area (Å²) in [7, 11) is 0. The van der Waals surface area contributed by atoms with Gasteiger partial charge >= 0.3 is 0 Å². The molecule has 5 heteroatoms. The lowest BCUT2D eigenvalue weighted by atomic mass is 10.0. The van der Waals surface area contributed by atoms with Gasteiger partial charge in [0.25, 0.3) is 0 Å². The molecule has 0 atom stereocenters. The van der Waals surface area contributed by atoms with Gasteiger partial charge in [-0.1, -0.05) is 201 Å². The molecule has 0 amide bonds. The van der Waals surface area contributed by atoms with E-state index in [1.165, 1.54) is 0 Å². The van der Waals surface area contributed by atoms with Crippen LogP contribution in [0.5, 0.6) is 0 Å². The summed E-state index contributed by atoms with van der Waals surface area (Å²) in [6.07, 6.45) is 0. The minimum atomic E-state index is 0. The summed E-state index contributed by atoms with van der Waals surface area (Å²) in [5.41, 5.74) is 4.70. The number of rotatable bonds is 4. The number of hydrogen-bond acceptors (Lipinski definition) is 2. The van der Waals surface area contributed by atoms with Crippen molar-refractivity contribution < 1.29 is 0 Å². The number of hydrogen-bond donors (Lipinski definition) is 0. The molecule has 0 aliphatic carbocycles. The van der Waals surface area contributed by atoms with Crippen molar-refractivity contribution in [1.82, 2.24) is 0 Å². The predicted molar refractivity (Wildman–Crippen MR) is 211 cm³/mol. The average Bonchev–Trinajstić information content (AvgIpc) is 3.14. The molecular weight excluding hydrogens is 640 g/mol. The highest BCUT2D eigenvalue weighted by molar-refractivity contribution is 9.09. The summed E-state index contributed by atoms with van der Waals surface area (Å²) in [6.45, 7) is 28.6. The highest BCUT2D eigenvalue weighted by Gasteiger charge is 2.12. The van der Waals surface area contributed by atoms with Crippen molar-refractivity contribution in [2.75, 3.05) is 5.33 Å². The van der Waals surface area contributed by atoms with Crippen LogP contribution >= 0.6 is 15.9 Å². The van der Waals surface area contributed by atoms with Crippen LogP contribution in [0.1, 0.15) is 85.6 Å². The van der Waals surface area contributed by atoms with E-state index >= 15 is 0 Å². The Hall–Kier alpha value is -5.20. The Bertz CT molecular complexity index is 1310. The molecule has 0 saturated heterocycles. The minimum absolute atomic E-state index is 0. The zero-order valence-electron chi connectivity index (χ0n) is 27.4. The summed E-state index contributed by atoms with van der Waals surface area (Å²) in [4.78, 5) is 7.03. The van der Waals surface area contributed by atoms with Gasteiger partial charge in [0.2, 0.25) is 11.4 Å². The molecule has 0 saturated carbocycles. The highest BCUT2D eigenvalue weighted by atomic mass is 79.9. The fourth-order valence-corrected chi connectivity index (χ4v) is 3.44. The van der Waals surface area contributed by atoms with Gasteiger partial charge in [0.1, 0.15) is 0 Å². The molecule has 0 bridgehead atoms. The molecule has 0 spiro atoms. The van der Waals surface area contributed by atoms with Gasteiger partial charge in [-0.3, -0.25) is 0 Å². The summed E-state index contributed by atoms with van der Waals surface area (Å²) in [5, 5.41) is 19.6. The quantitative estimate of drug-likeness (QED) is 0.0926. The Morgan fingerprint density at radius 2 is 0.702 bits per heavy atom. The molecule has 0 aliphatic rings. The first-order valence-corrected chi connectivity index (χ1v) is 16.1. The van der Waals surface area contributed by atoms with Crippen LogP contribution in [0.2, 0.25) is 0 Å². The first kappa shape index (κ1) is 48.7. The van der Waals surface area contributed by atoms with E-state index < -0.39 is 0 Å². The Balaban J connectivity index is -0.000000306. The summed E-state index contributed by atoms with van der Waals surface area (Å²) in [5.74, 6) is 0. The van der Waals surface area contributed by atoms with Crippen molar-refractivity contribution in [3.05, 3.63) is 166 Å². The number of allylic oxidation sites excluding steroid dienone is 2. The van der Waals surface area contributed by atoms with Crippen LogP contribution < -0.4 is 0 Å². The van der Waals surface area contributed by atoms with Crippen LogP contribution in [-0.2, 0) is 0 Å². The van der Waals surface area contributed by atoms with E-state index in [1.54, 1.807) is 0 Å². The molecule has 4 rings (SSSR count). The zero-order chi connectivity index (χ0) is 34.3. The standard InChI is InChI=1S/2C16H10N2.C2H5Br.3C2H6.2CH4/c2*1-18-16(14-10-6-3-7-11-14)15(12-17)13-8-4-2-5-9-13;1-2-3;3*1-2;;/h2*2-11H;2H2,1H3;3*1-2H3;2*1H4/b2*16-15-;;;;;;. The SMILES string of the molecule is C.C.CC.CC.CC.CCBr.[C-]#[N+]/C(=C(/C#N)c1ccccc1)c1ccccc1.[C-]#[N+]/C(=C(/C#N)c1ccccc1)c1ccccc1. The first-order valence-electron chi connectivity index (χ1n) is 15.0. The number of benzene rings is 4. The summed E-state index contributed by atoms with van der Waals surface area (Å²) < 4.78 is 0. The number of nitriles is 2. The van der Waals surface area contributed by atoms with Gasteiger partial charge in [0.15, 0.2) is 0 Å². The van der Waals surface area contributed by atoms with E-state index in [4.69, 9.17) is 13.1 Å². The number of alkyl halides is 1. The van der Waals surface area contributed by atoms with Crippen LogP contribution in [0, 0.1) is 35.8 Å². The Morgan fingerprint density at radius 1 is 0.511 bits per heavy atom. The number of nitrogens with zero attached hydrogens (tertiary/aromatic N) is 4. The van der Waals surface area contributed by atoms with E-state index in [-0.39, 0.29) is 14.9 Å². The topological polar surface area (TPSA) is 56.3 Å². The minimum Gasteiger partial charge on any atom is -0.236 e. The Labute approximate surface area is 295 Å². The molecule has 4 nitrogen and oxygen atoms in total. The maximum absolute atomic E-state index is 9.29. The predicted octanol–water partition coefficient (Wildman–Crippen LogP) is 13.7. The van der Waals surface area contributed by atoms with Crippen molar-refractivity contribution in [3.63, 3.8) is 0 Å². The van der Waals surface area contributed by atoms with Gasteiger partial charge in [-0.2, -0.15) is 10.5 Å². The lowest BCUT2D eigenvalue weighted by Crippen LogP contribution is -1.87. The molecule has 0 N–H and O–H groups in total. The van der Waals surface area contributed by atoms with E-state index in [1.807, 2.05) is 170 Å². The van der Waals surface area contributed by atoms with Crippen molar-refractivity contribution in [3.8, 4) is 12.1 Å². The fourth-order valence-electron chi connectivity index (χ4n) is 3.44. The molecule has 0 unspecified atom stereocenters. The third-order valence-electron chi connectivity index (χ3n) is 5.14. The summed E-state index contributed by atoms with van der Waals surface area (Å²) in [6, 6.07) is 41.4. The summed E-state index contributed by atoms with van der Waals surface area (Å²) >= 11 is 3.15. The smallest absolute Gasteiger partial charge is 0.212 e. The molecule has 4 aromatic rings. The van der Waals surface area contributed by atoms with Crippen molar-refractivity contribution in [2.45, 2.75) is 63.3 Å². The highest BCUT2D eigenvalue weighted by Crippen LogP contribution is 2.28. The fraction of sp³-hybridized carbons (Fsp3) is 0.238. The van der Waals surface area contributed by atoms with E-state index in [0.717, 1.165) is 27.6 Å². The van der Waals surface area contributed by atoms with Gasteiger partial charge in [-0.25, -0.2) is 9.69 Å².